The van der Waals surface area contributed by atoms with Gasteiger partial charge in [-0.25, -0.2) is 0 Å². The van der Waals surface area contributed by atoms with E-state index in [-0.39, 0.29) is 6.10 Å². The zero-order valence-electron chi connectivity index (χ0n) is 14.6. The Labute approximate surface area is 156 Å². The summed E-state index contributed by atoms with van der Waals surface area (Å²) in [6.07, 6.45) is 6.76. The van der Waals surface area contributed by atoms with Crippen molar-refractivity contribution >= 4 is 32.7 Å². The van der Waals surface area contributed by atoms with Gasteiger partial charge < -0.3 is 14.4 Å². The van der Waals surface area contributed by atoms with Crippen LogP contribution in [0.1, 0.15) is 32.6 Å². The quantitative estimate of drug-likeness (QED) is 0.765. The van der Waals surface area contributed by atoms with E-state index in [1.54, 1.807) is 0 Å². The van der Waals surface area contributed by atoms with Crippen molar-refractivity contribution < 1.29 is 9.47 Å². The van der Waals surface area contributed by atoms with Crippen molar-refractivity contribution in [3.8, 4) is 5.88 Å². The second kappa shape index (κ2) is 7.46. The van der Waals surface area contributed by atoms with E-state index in [2.05, 4.69) is 44.9 Å². The van der Waals surface area contributed by atoms with Gasteiger partial charge in [-0.3, -0.25) is 4.98 Å². The van der Waals surface area contributed by atoms with Crippen LogP contribution in [-0.2, 0) is 4.74 Å². The monoisotopic (exact) mass is 405 g/mol. The van der Waals surface area contributed by atoms with Gasteiger partial charge in [-0.1, -0.05) is 6.92 Å². The summed E-state index contributed by atoms with van der Waals surface area (Å²) in [5, 5.41) is 0.977. The SMILES string of the molecule is CC1CCC(Oc2nc(N3CCOCC3)cc3ncc(Br)cc23)CC1. The lowest BCUT2D eigenvalue weighted by molar-refractivity contribution is 0.121. The lowest BCUT2D eigenvalue weighted by Crippen LogP contribution is -2.36. The van der Waals surface area contributed by atoms with E-state index in [0.29, 0.717) is 5.88 Å². The number of ether oxygens (including phenoxy) is 2. The molecule has 2 aliphatic rings. The van der Waals surface area contributed by atoms with Gasteiger partial charge in [0.25, 0.3) is 0 Å². The van der Waals surface area contributed by atoms with Gasteiger partial charge in [0.15, 0.2) is 0 Å². The third-order valence-corrected chi connectivity index (χ3v) is 5.61. The lowest BCUT2D eigenvalue weighted by atomic mass is 9.89. The topological polar surface area (TPSA) is 47.5 Å². The molecule has 2 aromatic heterocycles. The Morgan fingerprint density at radius 1 is 1.16 bits per heavy atom. The number of hydrogen-bond donors (Lipinski definition) is 0. The largest absolute Gasteiger partial charge is 0.474 e. The fourth-order valence-electron chi connectivity index (χ4n) is 3.60. The summed E-state index contributed by atoms with van der Waals surface area (Å²) < 4.78 is 12.8. The van der Waals surface area contributed by atoms with Crippen molar-refractivity contribution in [3.63, 3.8) is 0 Å². The number of halogens is 1. The Hall–Kier alpha value is -1.40. The summed E-state index contributed by atoms with van der Waals surface area (Å²) >= 11 is 3.52. The summed E-state index contributed by atoms with van der Waals surface area (Å²) in [7, 11) is 0. The van der Waals surface area contributed by atoms with Gasteiger partial charge in [-0.15, -0.1) is 0 Å². The highest BCUT2D eigenvalue weighted by Crippen LogP contribution is 2.33. The van der Waals surface area contributed by atoms with Crippen molar-refractivity contribution in [3.05, 3.63) is 22.8 Å². The molecular formula is C19H24BrN3O2. The van der Waals surface area contributed by atoms with E-state index in [0.717, 1.165) is 66.3 Å². The van der Waals surface area contributed by atoms with Crippen LogP contribution in [-0.4, -0.2) is 42.4 Å². The molecule has 1 aliphatic heterocycles. The van der Waals surface area contributed by atoms with Crippen LogP contribution in [0.25, 0.3) is 10.9 Å². The maximum atomic E-state index is 6.37. The first-order chi connectivity index (χ1) is 12.2. The summed E-state index contributed by atoms with van der Waals surface area (Å²) in [4.78, 5) is 11.7. The normalized spacial score (nSPS) is 24.5. The highest BCUT2D eigenvalue weighted by molar-refractivity contribution is 9.10. The zero-order valence-corrected chi connectivity index (χ0v) is 16.2. The molecular weight excluding hydrogens is 382 g/mol. The third kappa shape index (κ3) is 3.90. The van der Waals surface area contributed by atoms with Gasteiger partial charge in [0, 0.05) is 29.8 Å². The Bertz CT molecular complexity index is 741. The predicted molar refractivity (Wildman–Crippen MR) is 102 cm³/mol. The number of hydrogen-bond acceptors (Lipinski definition) is 5. The molecule has 5 nitrogen and oxygen atoms in total. The van der Waals surface area contributed by atoms with Crippen LogP contribution in [0.2, 0.25) is 0 Å². The Kier molecular flexibility index (Phi) is 5.08. The Morgan fingerprint density at radius 3 is 2.68 bits per heavy atom. The minimum atomic E-state index is 0.255. The number of aromatic nitrogens is 2. The first-order valence-electron chi connectivity index (χ1n) is 9.14. The number of fused-ring (bicyclic) bond motifs is 1. The van der Waals surface area contributed by atoms with Gasteiger partial charge in [-0.2, -0.15) is 4.98 Å². The van der Waals surface area contributed by atoms with Gasteiger partial charge in [-0.05, 0) is 53.6 Å². The van der Waals surface area contributed by atoms with E-state index in [1.807, 2.05) is 6.20 Å². The molecule has 1 aliphatic carbocycles. The lowest BCUT2D eigenvalue weighted by Gasteiger charge is -2.30. The van der Waals surface area contributed by atoms with E-state index in [9.17, 15) is 0 Å². The molecule has 0 aromatic carbocycles. The molecule has 0 unspecified atom stereocenters. The number of morpholine rings is 1. The number of anilines is 1. The molecule has 1 saturated heterocycles. The van der Waals surface area contributed by atoms with Gasteiger partial charge in [0.2, 0.25) is 5.88 Å². The minimum absolute atomic E-state index is 0.255. The Morgan fingerprint density at radius 2 is 1.92 bits per heavy atom. The molecule has 2 aromatic rings. The molecule has 0 bridgehead atoms. The summed E-state index contributed by atoms with van der Waals surface area (Å²) in [6, 6.07) is 4.11. The highest BCUT2D eigenvalue weighted by Gasteiger charge is 2.22. The van der Waals surface area contributed by atoms with Crippen molar-refractivity contribution in [2.24, 2.45) is 5.92 Å². The second-order valence-electron chi connectivity index (χ2n) is 7.10. The zero-order chi connectivity index (χ0) is 17.2. The van der Waals surface area contributed by atoms with E-state index in [1.165, 1.54) is 12.8 Å². The van der Waals surface area contributed by atoms with Crippen LogP contribution in [0.4, 0.5) is 5.82 Å². The Balaban J connectivity index is 1.67. The van der Waals surface area contributed by atoms with Crippen LogP contribution in [0, 0.1) is 5.92 Å². The van der Waals surface area contributed by atoms with Crippen LogP contribution < -0.4 is 9.64 Å². The van der Waals surface area contributed by atoms with Crippen LogP contribution in [0.5, 0.6) is 5.88 Å². The molecule has 0 N–H and O–H groups in total. The molecule has 0 spiro atoms. The average molecular weight is 406 g/mol. The van der Waals surface area contributed by atoms with Crippen LogP contribution in [0.3, 0.4) is 0 Å². The molecule has 4 rings (SSSR count). The molecule has 3 heterocycles. The molecule has 0 radical (unpaired) electrons. The maximum Gasteiger partial charge on any atom is 0.225 e. The maximum absolute atomic E-state index is 6.37. The highest BCUT2D eigenvalue weighted by atomic mass is 79.9. The minimum Gasteiger partial charge on any atom is -0.474 e. The average Bonchev–Trinajstić information content (AvgIpc) is 2.64. The number of pyridine rings is 2. The predicted octanol–water partition coefficient (Wildman–Crippen LogP) is 4.19. The molecule has 25 heavy (non-hydrogen) atoms. The summed E-state index contributed by atoms with van der Waals surface area (Å²) in [5.41, 5.74) is 0.930. The van der Waals surface area contributed by atoms with Crippen molar-refractivity contribution in [1.29, 1.82) is 0 Å². The second-order valence-corrected chi connectivity index (χ2v) is 8.02. The van der Waals surface area contributed by atoms with E-state index in [4.69, 9.17) is 14.5 Å². The van der Waals surface area contributed by atoms with E-state index < -0.39 is 0 Å². The molecule has 0 atom stereocenters. The van der Waals surface area contributed by atoms with Gasteiger partial charge >= 0.3 is 0 Å². The molecule has 134 valence electrons. The van der Waals surface area contributed by atoms with Crippen molar-refractivity contribution in [2.75, 3.05) is 31.2 Å². The first kappa shape index (κ1) is 17.0. The standard InChI is InChI=1S/C19H24BrN3O2/c1-13-2-4-15(5-3-13)25-19-16-10-14(20)12-21-17(16)11-18(22-19)23-6-8-24-9-7-23/h10-13,15H,2-9H2,1H3. The first-order valence-corrected chi connectivity index (χ1v) is 9.94. The van der Waals surface area contributed by atoms with E-state index >= 15 is 0 Å². The van der Waals surface area contributed by atoms with Gasteiger partial charge in [0.1, 0.15) is 11.9 Å². The molecule has 2 fully saturated rings. The number of nitrogens with zero attached hydrogens (tertiary/aromatic N) is 3. The van der Waals surface area contributed by atoms with Crippen molar-refractivity contribution in [1.82, 2.24) is 9.97 Å². The summed E-state index contributed by atoms with van der Waals surface area (Å²) in [5.74, 6) is 2.46. The van der Waals surface area contributed by atoms with Crippen molar-refractivity contribution in [2.45, 2.75) is 38.7 Å². The fourth-order valence-corrected chi connectivity index (χ4v) is 3.94. The third-order valence-electron chi connectivity index (χ3n) is 5.17. The molecule has 0 amide bonds. The number of rotatable bonds is 3. The molecule has 6 heteroatoms. The molecule has 1 saturated carbocycles. The summed E-state index contributed by atoms with van der Waals surface area (Å²) in [6.45, 7) is 5.52. The van der Waals surface area contributed by atoms with Crippen LogP contribution in [0.15, 0.2) is 22.8 Å². The fraction of sp³-hybridized carbons (Fsp3) is 0.579. The smallest absolute Gasteiger partial charge is 0.225 e. The van der Waals surface area contributed by atoms with Crippen LogP contribution >= 0.6 is 15.9 Å². The van der Waals surface area contributed by atoms with Gasteiger partial charge in [0.05, 0.1) is 24.1 Å².